The second kappa shape index (κ2) is 4.98. The highest BCUT2D eigenvalue weighted by atomic mass is 79.9. The van der Waals surface area contributed by atoms with Crippen molar-refractivity contribution < 1.29 is 4.79 Å². The minimum absolute atomic E-state index is 0.220. The fraction of sp³-hybridized carbons (Fsp3) is 0.583. The average Bonchev–Trinajstić information content (AvgIpc) is 2.74. The SMILES string of the molecule is CC1CC1CN(C)CC(=O)c1sccc1Br. The highest BCUT2D eigenvalue weighted by Crippen LogP contribution is 2.38. The van der Waals surface area contributed by atoms with Gasteiger partial charge in [0.1, 0.15) is 0 Å². The molecule has 16 heavy (non-hydrogen) atoms. The van der Waals surface area contributed by atoms with Crippen LogP contribution in [-0.2, 0) is 0 Å². The molecule has 1 aliphatic rings. The molecule has 2 unspecified atom stereocenters. The van der Waals surface area contributed by atoms with Gasteiger partial charge in [-0.25, -0.2) is 0 Å². The minimum atomic E-state index is 0.220. The van der Waals surface area contributed by atoms with Gasteiger partial charge in [-0.1, -0.05) is 6.92 Å². The van der Waals surface area contributed by atoms with Crippen LogP contribution in [-0.4, -0.2) is 30.8 Å². The number of likely N-dealkylation sites (N-methyl/N-ethyl adjacent to an activating group) is 1. The van der Waals surface area contributed by atoms with E-state index >= 15 is 0 Å². The quantitative estimate of drug-likeness (QED) is 0.778. The zero-order valence-electron chi connectivity index (χ0n) is 9.57. The van der Waals surface area contributed by atoms with E-state index in [1.807, 2.05) is 18.5 Å². The van der Waals surface area contributed by atoms with Crippen molar-refractivity contribution in [3.63, 3.8) is 0 Å². The summed E-state index contributed by atoms with van der Waals surface area (Å²) in [5.41, 5.74) is 0. The topological polar surface area (TPSA) is 20.3 Å². The molecule has 1 heterocycles. The third kappa shape index (κ3) is 2.93. The van der Waals surface area contributed by atoms with Crippen molar-refractivity contribution in [2.45, 2.75) is 13.3 Å². The maximum atomic E-state index is 12.0. The zero-order valence-corrected chi connectivity index (χ0v) is 12.0. The number of rotatable bonds is 5. The molecular weight excluding hydrogens is 286 g/mol. The lowest BCUT2D eigenvalue weighted by Crippen LogP contribution is -2.28. The molecular formula is C12H16BrNOS. The molecule has 0 spiro atoms. The van der Waals surface area contributed by atoms with Crippen LogP contribution in [0.5, 0.6) is 0 Å². The molecule has 0 N–H and O–H groups in total. The van der Waals surface area contributed by atoms with E-state index in [0.717, 1.165) is 27.7 Å². The summed E-state index contributed by atoms with van der Waals surface area (Å²) >= 11 is 4.91. The van der Waals surface area contributed by atoms with Crippen LogP contribution in [0.3, 0.4) is 0 Å². The van der Waals surface area contributed by atoms with E-state index in [2.05, 4.69) is 27.8 Å². The maximum absolute atomic E-state index is 12.0. The van der Waals surface area contributed by atoms with Gasteiger partial charge in [-0.05, 0) is 52.7 Å². The predicted octanol–water partition coefficient (Wildman–Crippen LogP) is 3.28. The van der Waals surface area contributed by atoms with Gasteiger partial charge in [-0.15, -0.1) is 11.3 Å². The van der Waals surface area contributed by atoms with Crippen molar-refractivity contribution in [3.05, 3.63) is 20.8 Å². The van der Waals surface area contributed by atoms with Crippen LogP contribution < -0.4 is 0 Å². The van der Waals surface area contributed by atoms with Crippen molar-refractivity contribution in [1.29, 1.82) is 0 Å². The molecule has 1 aromatic rings. The molecule has 0 amide bonds. The minimum Gasteiger partial charge on any atom is -0.299 e. The van der Waals surface area contributed by atoms with Gasteiger partial charge in [-0.3, -0.25) is 9.69 Å². The van der Waals surface area contributed by atoms with Crippen LogP contribution >= 0.6 is 27.3 Å². The van der Waals surface area contributed by atoms with Crippen LogP contribution in [0.1, 0.15) is 23.0 Å². The maximum Gasteiger partial charge on any atom is 0.187 e. The first-order valence-electron chi connectivity index (χ1n) is 5.52. The van der Waals surface area contributed by atoms with Crippen LogP contribution in [0.2, 0.25) is 0 Å². The number of carbonyl (C=O) groups is 1. The predicted molar refractivity (Wildman–Crippen MR) is 71.1 cm³/mol. The van der Waals surface area contributed by atoms with Crippen molar-refractivity contribution in [3.8, 4) is 0 Å². The highest BCUT2D eigenvalue weighted by molar-refractivity contribution is 9.10. The summed E-state index contributed by atoms with van der Waals surface area (Å²) in [6.07, 6.45) is 1.32. The van der Waals surface area contributed by atoms with Crippen molar-refractivity contribution in [1.82, 2.24) is 4.90 Å². The number of nitrogens with zero attached hydrogens (tertiary/aromatic N) is 1. The van der Waals surface area contributed by atoms with Gasteiger partial charge >= 0.3 is 0 Å². The molecule has 0 radical (unpaired) electrons. The van der Waals surface area contributed by atoms with Crippen LogP contribution in [0.4, 0.5) is 0 Å². The van der Waals surface area contributed by atoms with Crippen molar-refractivity contribution in [2.24, 2.45) is 11.8 Å². The van der Waals surface area contributed by atoms with Gasteiger partial charge < -0.3 is 0 Å². The third-order valence-corrected chi connectivity index (χ3v) is 4.99. The summed E-state index contributed by atoms with van der Waals surface area (Å²) in [5, 5.41) is 1.94. The number of halogens is 1. The van der Waals surface area contributed by atoms with E-state index in [0.29, 0.717) is 6.54 Å². The lowest BCUT2D eigenvalue weighted by Gasteiger charge is -2.14. The highest BCUT2D eigenvalue weighted by Gasteiger charge is 2.33. The van der Waals surface area contributed by atoms with Crippen LogP contribution in [0, 0.1) is 11.8 Å². The Morgan fingerprint density at radius 1 is 1.69 bits per heavy atom. The number of carbonyl (C=O) groups excluding carboxylic acids is 1. The van der Waals surface area contributed by atoms with E-state index in [-0.39, 0.29) is 5.78 Å². The molecule has 2 atom stereocenters. The smallest absolute Gasteiger partial charge is 0.187 e. The van der Waals surface area contributed by atoms with Crippen molar-refractivity contribution >= 4 is 33.0 Å². The third-order valence-electron chi connectivity index (χ3n) is 3.11. The van der Waals surface area contributed by atoms with Crippen LogP contribution in [0.25, 0.3) is 0 Å². The molecule has 0 aliphatic heterocycles. The van der Waals surface area contributed by atoms with Gasteiger partial charge in [0.2, 0.25) is 0 Å². The molecule has 4 heteroatoms. The fourth-order valence-corrected chi connectivity index (χ4v) is 3.45. The van der Waals surface area contributed by atoms with E-state index in [1.54, 1.807) is 0 Å². The van der Waals surface area contributed by atoms with Gasteiger partial charge in [0.15, 0.2) is 5.78 Å². The second-order valence-electron chi connectivity index (χ2n) is 4.69. The van der Waals surface area contributed by atoms with Crippen LogP contribution in [0.15, 0.2) is 15.9 Å². The van der Waals surface area contributed by atoms with Gasteiger partial charge in [0.25, 0.3) is 0 Å². The molecule has 88 valence electrons. The summed E-state index contributed by atoms with van der Waals surface area (Å²) in [4.78, 5) is 14.9. The lowest BCUT2D eigenvalue weighted by molar-refractivity contribution is 0.0947. The number of hydrogen-bond acceptors (Lipinski definition) is 3. The Morgan fingerprint density at radius 3 is 2.88 bits per heavy atom. The molecule has 0 saturated heterocycles. The van der Waals surface area contributed by atoms with E-state index in [1.165, 1.54) is 17.8 Å². The summed E-state index contributed by atoms with van der Waals surface area (Å²) in [7, 11) is 2.03. The fourth-order valence-electron chi connectivity index (χ4n) is 1.93. The monoisotopic (exact) mass is 301 g/mol. The Hall–Kier alpha value is -0.190. The number of ketones is 1. The standard InChI is InChI=1S/C12H16BrNOS/c1-8-5-9(8)6-14(2)7-11(15)12-10(13)3-4-16-12/h3-4,8-9H,5-7H2,1-2H3. The second-order valence-corrected chi connectivity index (χ2v) is 6.46. The summed E-state index contributed by atoms with van der Waals surface area (Å²) in [6.45, 7) is 3.86. The molecule has 0 aromatic carbocycles. The first-order valence-corrected chi connectivity index (χ1v) is 7.20. The number of thiophene rings is 1. The van der Waals surface area contributed by atoms with Gasteiger partial charge in [0, 0.05) is 11.0 Å². The Morgan fingerprint density at radius 2 is 2.38 bits per heavy atom. The molecule has 1 aliphatic carbocycles. The Balaban J connectivity index is 1.85. The van der Waals surface area contributed by atoms with E-state index in [4.69, 9.17) is 0 Å². The normalized spacial score (nSPS) is 23.8. The summed E-state index contributed by atoms with van der Waals surface area (Å²) in [6, 6.07) is 1.93. The number of hydrogen-bond donors (Lipinski definition) is 0. The van der Waals surface area contributed by atoms with E-state index < -0.39 is 0 Å². The summed E-state index contributed by atoms with van der Waals surface area (Å²) < 4.78 is 0.927. The molecule has 0 bridgehead atoms. The van der Waals surface area contributed by atoms with Gasteiger partial charge in [0.05, 0.1) is 11.4 Å². The molecule has 1 fully saturated rings. The Labute approximate surface area is 109 Å². The van der Waals surface area contributed by atoms with Gasteiger partial charge in [-0.2, -0.15) is 0 Å². The average molecular weight is 302 g/mol. The molecule has 2 nitrogen and oxygen atoms in total. The van der Waals surface area contributed by atoms with Crippen molar-refractivity contribution in [2.75, 3.05) is 20.1 Å². The molecule has 1 aromatic heterocycles. The van der Waals surface area contributed by atoms with E-state index in [9.17, 15) is 4.79 Å². The zero-order chi connectivity index (χ0) is 11.7. The lowest BCUT2D eigenvalue weighted by atomic mass is 10.2. The molecule has 2 rings (SSSR count). The summed E-state index contributed by atoms with van der Waals surface area (Å²) in [5.74, 6) is 1.88. The first kappa shape index (κ1) is 12.3. The largest absolute Gasteiger partial charge is 0.299 e. The number of Topliss-reactive ketones (excluding diaryl/α,β-unsaturated/α-hetero) is 1. The first-order chi connectivity index (χ1) is 7.58. The molecule has 1 saturated carbocycles. The Bertz CT molecular complexity index is 390. The Kier molecular flexibility index (Phi) is 3.82.